The summed E-state index contributed by atoms with van der Waals surface area (Å²) in [5, 5.41) is 6.99. The minimum atomic E-state index is 0.194. The molecule has 0 radical (unpaired) electrons. The molecule has 2 rings (SSSR count). The maximum Gasteiger partial charge on any atom is 0.191 e. The Balaban J connectivity index is 1.84. The number of nitrogens with zero attached hydrogens (tertiary/aromatic N) is 1. The van der Waals surface area contributed by atoms with E-state index in [9.17, 15) is 0 Å². The summed E-state index contributed by atoms with van der Waals surface area (Å²) in [5.41, 5.74) is 0.194. The summed E-state index contributed by atoms with van der Waals surface area (Å²) in [5.74, 6) is 1.47. The summed E-state index contributed by atoms with van der Waals surface area (Å²) >= 11 is 0. The van der Waals surface area contributed by atoms with Crippen molar-refractivity contribution in [1.29, 1.82) is 0 Å². The minimum Gasteiger partial charge on any atom is -0.377 e. The van der Waals surface area contributed by atoms with Gasteiger partial charge < -0.3 is 15.4 Å². The topological polar surface area (TPSA) is 45.7 Å². The number of hydrogen-bond acceptors (Lipinski definition) is 2. The highest BCUT2D eigenvalue weighted by Crippen LogP contribution is 2.33. The van der Waals surface area contributed by atoms with Crippen molar-refractivity contribution in [2.24, 2.45) is 16.3 Å². The van der Waals surface area contributed by atoms with Gasteiger partial charge in [-0.25, -0.2) is 0 Å². The lowest BCUT2D eigenvalue weighted by molar-refractivity contribution is -0.0835. The second kappa shape index (κ2) is 7.30. The van der Waals surface area contributed by atoms with Gasteiger partial charge in [0.25, 0.3) is 0 Å². The summed E-state index contributed by atoms with van der Waals surface area (Å²) in [7, 11) is 1.84. The number of hydrogen-bond donors (Lipinski definition) is 2. The van der Waals surface area contributed by atoms with Crippen LogP contribution in [0.5, 0.6) is 0 Å². The SMILES string of the molecule is CN=C(NCC1CCCOC1C(C)(C)C)NC1CC=CC1. The molecule has 0 spiro atoms. The second-order valence-corrected chi connectivity index (χ2v) is 7.30. The zero-order chi connectivity index (χ0) is 15.3. The lowest BCUT2D eigenvalue weighted by atomic mass is 9.78. The van der Waals surface area contributed by atoms with E-state index in [1.165, 1.54) is 6.42 Å². The van der Waals surface area contributed by atoms with E-state index in [1.807, 2.05) is 7.05 Å². The third kappa shape index (κ3) is 4.73. The molecule has 0 amide bonds. The number of guanidine groups is 1. The van der Waals surface area contributed by atoms with Crippen molar-refractivity contribution < 1.29 is 4.74 Å². The molecule has 1 aliphatic carbocycles. The summed E-state index contributed by atoms with van der Waals surface area (Å²) in [6.07, 6.45) is 9.37. The first-order chi connectivity index (χ1) is 10.0. The van der Waals surface area contributed by atoms with Crippen molar-refractivity contribution in [1.82, 2.24) is 10.6 Å². The molecule has 0 aromatic rings. The van der Waals surface area contributed by atoms with Gasteiger partial charge in [-0.3, -0.25) is 4.99 Å². The highest BCUT2D eigenvalue weighted by molar-refractivity contribution is 5.80. The summed E-state index contributed by atoms with van der Waals surface area (Å²) < 4.78 is 6.04. The first-order valence-corrected chi connectivity index (χ1v) is 8.24. The van der Waals surface area contributed by atoms with Crippen LogP contribution in [0.3, 0.4) is 0 Å². The van der Waals surface area contributed by atoms with Gasteiger partial charge in [0, 0.05) is 32.2 Å². The van der Waals surface area contributed by atoms with Gasteiger partial charge in [-0.15, -0.1) is 0 Å². The van der Waals surface area contributed by atoms with Gasteiger partial charge in [-0.2, -0.15) is 0 Å². The largest absolute Gasteiger partial charge is 0.377 e. The average Bonchev–Trinajstić information content (AvgIpc) is 2.95. The molecule has 4 heteroatoms. The molecule has 120 valence electrons. The van der Waals surface area contributed by atoms with Crippen LogP contribution in [-0.4, -0.2) is 38.3 Å². The molecular formula is C17H31N3O. The first kappa shape index (κ1) is 16.3. The van der Waals surface area contributed by atoms with Crippen molar-refractivity contribution >= 4 is 5.96 Å². The fraction of sp³-hybridized carbons (Fsp3) is 0.824. The van der Waals surface area contributed by atoms with Crippen molar-refractivity contribution in [2.75, 3.05) is 20.2 Å². The molecule has 2 aliphatic rings. The van der Waals surface area contributed by atoms with Gasteiger partial charge in [-0.1, -0.05) is 32.9 Å². The molecule has 1 heterocycles. The maximum absolute atomic E-state index is 6.04. The van der Waals surface area contributed by atoms with Crippen molar-refractivity contribution in [3.8, 4) is 0 Å². The van der Waals surface area contributed by atoms with Crippen LogP contribution in [-0.2, 0) is 4.74 Å². The Bertz CT molecular complexity index is 376. The van der Waals surface area contributed by atoms with E-state index < -0.39 is 0 Å². The summed E-state index contributed by atoms with van der Waals surface area (Å²) in [4.78, 5) is 4.35. The van der Waals surface area contributed by atoms with Gasteiger partial charge in [-0.05, 0) is 31.1 Å². The van der Waals surface area contributed by atoms with E-state index in [2.05, 4.69) is 48.5 Å². The van der Waals surface area contributed by atoms with Crippen LogP contribution in [0, 0.1) is 11.3 Å². The van der Waals surface area contributed by atoms with Crippen LogP contribution >= 0.6 is 0 Å². The van der Waals surface area contributed by atoms with Crippen molar-refractivity contribution in [3.05, 3.63) is 12.2 Å². The Hall–Kier alpha value is -1.03. The van der Waals surface area contributed by atoms with Gasteiger partial charge >= 0.3 is 0 Å². The number of nitrogens with one attached hydrogen (secondary N) is 2. The normalized spacial score (nSPS) is 27.9. The molecule has 2 atom stereocenters. The number of rotatable bonds is 3. The Morgan fingerprint density at radius 3 is 2.62 bits per heavy atom. The molecule has 2 N–H and O–H groups in total. The van der Waals surface area contributed by atoms with Crippen molar-refractivity contribution in [2.45, 2.75) is 58.6 Å². The predicted molar refractivity (Wildman–Crippen MR) is 88.6 cm³/mol. The lowest BCUT2D eigenvalue weighted by Crippen LogP contribution is -2.49. The van der Waals surface area contributed by atoms with E-state index in [0.717, 1.165) is 38.4 Å². The fourth-order valence-corrected chi connectivity index (χ4v) is 3.36. The molecule has 0 aromatic heterocycles. The molecule has 21 heavy (non-hydrogen) atoms. The summed E-state index contributed by atoms with van der Waals surface area (Å²) in [6, 6.07) is 0.497. The highest BCUT2D eigenvalue weighted by atomic mass is 16.5. The highest BCUT2D eigenvalue weighted by Gasteiger charge is 2.35. The van der Waals surface area contributed by atoms with Gasteiger partial charge in [0.15, 0.2) is 5.96 Å². The molecule has 0 saturated carbocycles. The molecule has 1 fully saturated rings. The molecule has 0 aromatic carbocycles. The quantitative estimate of drug-likeness (QED) is 0.478. The Morgan fingerprint density at radius 1 is 1.29 bits per heavy atom. The third-order valence-electron chi connectivity index (χ3n) is 4.40. The molecule has 1 saturated heterocycles. The molecule has 0 bridgehead atoms. The maximum atomic E-state index is 6.04. The van der Waals surface area contributed by atoms with Crippen LogP contribution in [0.15, 0.2) is 17.1 Å². The van der Waals surface area contributed by atoms with E-state index in [0.29, 0.717) is 18.1 Å². The molecular weight excluding hydrogens is 262 g/mol. The average molecular weight is 293 g/mol. The van der Waals surface area contributed by atoms with Crippen LogP contribution < -0.4 is 10.6 Å². The van der Waals surface area contributed by atoms with Gasteiger partial charge in [0.1, 0.15) is 0 Å². The third-order valence-corrected chi connectivity index (χ3v) is 4.40. The number of aliphatic imine (C=N–C) groups is 1. The van der Waals surface area contributed by atoms with Crippen LogP contribution in [0.2, 0.25) is 0 Å². The standard InChI is InChI=1S/C17H31N3O/c1-17(2,3)15-13(8-7-11-21-15)12-19-16(18-4)20-14-9-5-6-10-14/h5-6,13-15H,7-12H2,1-4H3,(H2,18,19,20). The zero-order valence-corrected chi connectivity index (χ0v) is 14.0. The lowest BCUT2D eigenvalue weighted by Gasteiger charge is -2.40. The molecule has 2 unspecified atom stereocenters. The molecule has 4 nitrogen and oxygen atoms in total. The Morgan fingerprint density at radius 2 is 2.00 bits per heavy atom. The summed E-state index contributed by atoms with van der Waals surface area (Å²) in [6.45, 7) is 8.65. The minimum absolute atomic E-state index is 0.194. The van der Waals surface area contributed by atoms with Crippen LogP contribution in [0.4, 0.5) is 0 Å². The Kier molecular flexibility index (Phi) is 5.68. The van der Waals surface area contributed by atoms with E-state index in [-0.39, 0.29) is 5.41 Å². The van der Waals surface area contributed by atoms with Crippen LogP contribution in [0.25, 0.3) is 0 Å². The van der Waals surface area contributed by atoms with Crippen molar-refractivity contribution in [3.63, 3.8) is 0 Å². The van der Waals surface area contributed by atoms with E-state index >= 15 is 0 Å². The first-order valence-electron chi connectivity index (χ1n) is 8.24. The second-order valence-electron chi connectivity index (χ2n) is 7.30. The van der Waals surface area contributed by atoms with E-state index in [4.69, 9.17) is 4.74 Å². The monoisotopic (exact) mass is 293 g/mol. The van der Waals surface area contributed by atoms with Gasteiger partial charge in [0.05, 0.1) is 6.10 Å². The zero-order valence-electron chi connectivity index (χ0n) is 14.0. The number of ether oxygens (including phenoxy) is 1. The van der Waals surface area contributed by atoms with Gasteiger partial charge in [0.2, 0.25) is 0 Å². The fourth-order valence-electron chi connectivity index (χ4n) is 3.36. The Labute approximate surface area is 129 Å². The molecule has 1 aliphatic heterocycles. The predicted octanol–water partition coefficient (Wildman–Crippen LogP) is 2.71. The van der Waals surface area contributed by atoms with Crippen LogP contribution in [0.1, 0.15) is 46.5 Å². The van der Waals surface area contributed by atoms with E-state index in [1.54, 1.807) is 0 Å². The smallest absolute Gasteiger partial charge is 0.191 e.